The standard InChI is InChI=1S/C14H18N2S/c1-4-15-14(13-6-5-11(3)17-13)12-7-8-16-10(2)9-12/h5-9,14-15H,4H2,1-3H3. The van der Waals surface area contributed by atoms with Crippen molar-refractivity contribution in [3.05, 3.63) is 51.5 Å². The molecule has 1 atom stereocenters. The van der Waals surface area contributed by atoms with Gasteiger partial charge in [-0.2, -0.15) is 0 Å². The van der Waals surface area contributed by atoms with E-state index in [-0.39, 0.29) is 0 Å². The average Bonchev–Trinajstić information content (AvgIpc) is 2.72. The van der Waals surface area contributed by atoms with Crippen LogP contribution in [0, 0.1) is 13.8 Å². The minimum absolute atomic E-state index is 0.292. The van der Waals surface area contributed by atoms with E-state index in [0.29, 0.717) is 6.04 Å². The molecule has 0 aliphatic heterocycles. The van der Waals surface area contributed by atoms with Crippen LogP contribution in [0.4, 0.5) is 0 Å². The van der Waals surface area contributed by atoms with E-state index in [1.165, 1.54) is 15.3 Å². The topological polar surface area (TPSA) is 24.9 Å². The number of pyridine rings is 1. The Bertz CT molecular complexity index is 490. The van der Waals surface area contributed by atoms with Crippen molar-refractivity contribution in [3.63, 3.8) is 0 Å². The Morgan fingerprint density at radius 3 is 2.71 bits per heavy atom. The Morgan fingerprint density at radius 2 is 2.12 bits per heavy atom. The van der Waals surface area contributed by atoms with Crippen molar-refractivity contribution in [2.24, 2.45) is 0 Å². The smallest absolute Gasteiger partial charge is 0.0672 e. The molecular formula is C14H18N2S. The molecule has 1 unspecified atom stereocenters. The molecule has 0 saturated heterocycles. The van der Waals surface area contributed by atoms with Crippen LogP contribution in [0.1, 0.15) is 34.0 Å². The third kappa shape index (κ3) is 2.93. The number of aromatic nitrogens is 1. The maximum atomic E-state index is 4.26. The lowest BCUT2D eigenvalue weighted by Gasteiger charge is -2.17. The van der Waals surface area contributed by atoms with Gasteiger partial charge in [-0.1, -0.05) is 6.92 Å². The number of hydrogen-bond acceptors (Lipinski definition) is 3. The van der Waals surface area contributed by atoms with Crippen molar-refractivity contribution in [1.29, 1.82) is 0 Å². The Kier molecular flexibility index (Phi) is 3.92. The summed E-state index contributed by atoms with van der Waals surface area (Å²) in [5.74, 6) is 0. The third-order valence-electron chi connectivity index (χ3n) is 2.71. The molecule has 2 aromatic heterocycles. The van der Waals surface area contributed by atoms with Crippen molar-refractivity contribution < 1.29 is 0 Å². The van der Waals surface area contributed by atoms with Crippen LogP contribution in [0.25, 0.3) is 0 Å². The highest BCUT2D eigenvalue weighted by Crippen LogP contribution is 2.28. The number of rotatable bonds is 4. The Hall–Kier alpha value is -1.19. The molecule has 0 bridgehead atoms. The van der Waals surface area contributed by atoms with E-state index in [2.05, 4.69) is 48.4 Å². The first-order chi connectivity index (χ1) is 8.20. The van der Waals surface area contributed by atoms with Gasteiger partial charge in [0.15, 0.2) is 0 Å². The maximum absolute atomic E-state index is 4.26. The fourth-order valence-corrected chi connectivity index (χ4v) is 2.92. The minimum Gasteiger partial charge on any atom is -0.306 e. The molecule has 2 nitrogen and oxygen atoms in total. The summed E-state index contributed by atoms with van der Waals surface area (Å²) in [5, 5.41) is 3.54. The second kappa shape index (κ2) is 5.43. The van der Waals surface area contributed by atoms with Gasteiger partial charge in [-0.3, -0.25) is 4.98 Å². The number of hydrogen-bond donors (Lipinski definition) is 1. The largest absolute Gasteiger partial charge is 0.306 e. The van der Waals surface area contributed by atoms with Crippen molar-refractivity contribution >= 4 is 11.3 Å². The van der Waals surface area contributed by atoms with E-state index in [1.807, 2.05) is 24.5 Å². The van der Waals surface area contributed by atoms with Gasteiger partial charge in [0, 0.05) is 21.6 Å². The summed E-state index contributed by atoms with van der Waals surface area (Å²) in [5.41, 5.74) is 2.36. The zero-order valence-electron chi connectivity index (χ0n) is 10.5. The highest BCUT2D eigenvalue weighted by atomic mass is 32.1. The van der Waals surface area contributed by atoms with Crippen LogP contribution in [0.2, 0.25) is 0 Å². The van der Waals surface area contributed by atoms with Crippen LogP contribution in [0.5, 0.6) is 0 Å². The molecule has 17 heavy (non-hydrogen) atoms. The van der Waals surface area contributed by atoms with Crippen LogP contribution >= 0.6 is 11.3 Å². The van der Waals surface area contributed by atoms with Crippen LogP contribution < -0.4 is 5.32 Å². The second-order valence-corrected chi connectivity index (χ2v) is 5.49. The van der Waals surface area contributed by atoms with Gasteiger partial charge in [0.25, 0.3) is 0 Å². The van der Waals surface area contributed by atoms with Gasteiger partial charge < -0.3 is 5.32 Å². The van der Waals surface area contributed by atoms with Crippen molar-refractivity contribution in [2.75, 3.05) is 6.54 Å². The molecule has 2 rings (SSSR count). The molecule has 0 aliphatic carbocycles. The molecule has 2 aromatic rings. The van der Waals surface area contributed by atoms with Gasteiger partial charge in [-0.15, -0.1) is 11.3 Å². The van der Waals surface area contributed by atoms with Gasteiger partial charge in [-0.05, 0) is 50.2 Å². The van der Waals surface area contributed by atoms with E-state index >= 15 is 0 Å². The molecule has 0 aromatic carbocycles. The lowest BCUT2D eigenvalue weighted by Crippen LogP contribution is -2.21. The third-order valence-corrected chi connectivity index (χ3v) is 3.77. The second-order valence-electron chi connectivity index (χ2n) is 4.17. The summed E-state index contributed by atoms with van der Waals surface area (Å²) >= 11 is 1.85. The van der Waals surface area contributed by atoms with Gasteiger partial charge in [0.1, 0.15) is 0 Å². The first-order valence-electron chi connectivity index (χ1n) is 5.93. The van der Waals surface area contributed by atoms with Crippen LogP contribution in [0.15, 0.2) is 30.5 Å². The monoisotopic (exact) mass is 246 g/mol. The lowest BCUT2D eigenvalue weighted by atomic mass is 10.1. The minimum atomic E-state index is 0.292. The molecule has 0 radical (unpaired) electrons. The quantitative estimate of drug-likeness (QED) is 0.893. The zero-order valence-corrected chi connectivity index (χ0v) is 11.3. The molecule has 3 heteroatoms. The number of thiophene rings is 1. The van der Waals surface area contributed by atoms with E-state index in [4.69, 9.17) is 0 Å². The average molecular weight is 246 g/mol. The van der Waals surface area contributed by atoms with Crippen molar-refractivity contribution in [3.8, 4) is 0 Å². The van der Waals surface area contributed by atoms with Crippen LogP contribution in [-0.4, -0.2) is 11.5 Å². The summed E-state index contributed by atoms with van der Waals surface area (Å²) in [6.45, 7) is 7.28. The Labute approximate surface area is 107 Å². The first kappa shape index (κ1) is 12.3. The number of aryl methyl sites for hydroxylation is 2. The molecule has 0 amide bonds. The fraction of sp³-hybridized carbons (Fsp3) is 0.357. The number of nitrogens with zero attached hydrogens (tertiary/aromatic N) is 1. The highest BCUT2D eigenvalue weighted by Gasteiger charge is 2.14. The molecule has 2 heterocycles. The van der Waals surface area contributed by atoms with E-state index in [1.54, 1.807) is 0 Å². The lowest BCUT2D eigenvalue weighted by molar-refractivity contribution is 0.638. The van der Waals surface area contributed by atoms with Crippen molar-refractivity contribution in [2.45, 2.75) is 26.8 Å². The number of nitrogens with one attached hydrogen (secondary N) is 1. The van der Waals surface area contributed by atoms with Crippen LogP contribution in [0.3, 0.4) is 0 Å². The summed E-state index contributed by atoms with van der Waals surface area (Å²) in [7, 11) is 0. The first-order valence-corrected chi connectivity index (χ1v) is 6.74. The summed E-state index contributed by atoms with van der Waals surface area (Å²) in [6.07, 6.45) is 1.88. The Balaban J connectivity index is 2.35. The molecule has 0 aliphatic rings. The summed E-state index contributed by atoms with van der Waals surface area (Å²) in [6, 6.07) is 8.93. The zero-order chi connectivity index (χ0) is 12.3. The van der Waals surface area contributed by atoms with Gasteiger partial charge >= 0.3 is 0 Å². The summed E-state index contributed by atoms with van der Waals surface area (Å²) in [4.78, 5) is 6.98. The molecule has 0 fully saturated rings. The predicted molar refractivity (Wildman–Crippen MR) is 73.5 cm³/mol. The maximum Gasteiger partial charge on any atom is 0.0672 e. The van der Waals surface area contributed by atoms with E-state index in [9.17, 15) is 0 Å². The molecule has 90 valence electrons. The molecule has 1 N–H and O–H groups in total. The fourth-order valence-electron chi connectivity index (χ4n) is 1.94. The van der Waals surface area contributed by atoms with Gasteiger partial charge in [0.05, 0.1) is 6.04 Å². The van der Waals surface area contributed by atoms with E-state index < -0.39 is 0 Å². The normalized spacial score (nSPS) is 12.6. The Morgan fingerprint density at radius 1 is 1.29 bits per heavy atom. The van der Waals surface area contributed by atoms with Gasteiger partial charge in [0.2, 0.25) is 0 Å². The SMILES string of the molecule is CCNC(c1ccnc(C)c1)c1ccc(C)s1. The van der Waals surface area contributed by atoms with Crippen molar-refractivity contribution in [1.82, 2.24) is 10.3 Å². The summed E-state index contributed by atoms with van der Waals surface area (Å²) < 4.78 is 0. The molecular weight excluding hydrogens is 228 g/mol. The van der Waals surface area contributed by atoms with Crippen LogP contribution in [-0.2, 0) is 0 Å². The van der Waals surface area contributed by atoms with Gasteiger partial charge in [-0.25, -0.2) is 0 Å². The van der Waals surface area contributed by atoms with E-state index in [0.717, 1.165) is 12.2 Å². The molecule has 0 saturated carbocycles. The highest BCUT2D eigenvalue weighted by molar-refractivity contribution is 7.12. The predicted octanol–water partition coefficient (Wildman–Crippen LogP) is 3.46. The molecule has 0 spiro atoms.